The second-order valence-corrected chi connectivity index (χ2v) is 4.76. The van der Waals surface area contributed by atoms with Gasteiger partial charge >= 0.3 is 5.97 Å². The normalized spacial score (nSPS) is 11.6. The Kier molecular flexibility index (Phi) is 4.42. The summed E-state index contributed by atoms with van der Waals surface area (Å²) in [5, 5.41) is 4.95. The molecular formula is C11H13NO4S. The first kappa shape index (κ1) is 13.4. The van der Waals surface area contributed by atoms with E-state index in [1.165, 1.54) is 24.3 Å². The summed E-state index contributed by atoms with van der Waals surface area (Å²) >= 11 is 0. The van der Waals surface area contributed by atoms with Gasteiger partial charge in [0.25, 0.3) is 0 Å². The molecule has 0 fully saturated rings. The highest BCUT2D eigenvalue weighted by Gasteiger charge is 2.05. The maximum atomic E-state index is 11.0. The molecule has 0 amide bonds. The van der Waals surface area contributed by atoms with Crippen molar-refractivity contribution in [2.24, 2.45) is 5.14 Å². The van der Waals surface area contributed by atoms with E-state index in [2.05, 4.69) is 0 Å². The molecule has 0 spiro atoms. The van der Waals surface area contributed by atoms with Crippen LogP contribution >= 0.6 is 0 Å². The Hall–Kier alpha value is -1.66. The third-order valence-electron chi connectivity index (χ3n) is 1.91. The standard InChI is InChI=1S/C11H13NO4S/c1-2-16-11(13)8-5-9-3-6-10(7-4-9)17(12,14)15/h3-8H,2H2,1H3,(H2,12,14,15). The van der Waals surface area contributed by atoms with Crippen LogP contribution < -0.4 is 5.14 Å². The fourth-order valence-electron chi connectivity index (χ4n) is 1.12. The van der Waals surface area contributed by atoms with E-state index in [0.29, 0.717) is 12.2 Å². The van der Waals surface area contributed by atoms with Gasteiger partial charge in [-0.25, -0.2) is 18.4 Å². The van der Waals surface area contributed by atoms with Crippen LogP contribution in [0.15, 0.2) is 35.2 Å². The largest absolute Gasteiger partial charge is 0.463 e. The molecule has 0 heterocycles. The molecule has 17 heavy (non-hydrogen) atoms. The highest BCUT2D eigenvalue weighted by atomic mass is 32.2. The quantitative estimate of drug-likeness (QED) is 0.640. The van der Waals surface area contributed by atoms with E-state index in [9.17, 15) is 13.2 Å². The van der Waals surface area contributed by atoms with Gasteiger partial charge in [-0.3, -0.25) is 0 Å². The molecule has 0 aliphatic carbocycles. The molecule has 92 valence electrons. The molecule has 1 aromatic rings. The van der Waals surface area contributed by atoms with Crippen molar-refractivity contribution >= 4 is 22.1 Å². The second-order valence-electron chi connectivity index (χ2n) is 3.20. The van der Waals surface area contributed by atoms with E-state index < -0.39 is 16.0 Å². The Morgan fingerprint density at radius 1 is 1.35 bits per heavy atom. The van der Waals surface area contributed by atoms with Crippen molar-refractivity contribution in [2.75, 3.05) is 6.61 Å². The summed E-state index contributed by atoms with van der Waals surface area (Å²) in [7, 11) is -3.68. The minimum Gasteiger partial charge on any atom is -0.463 e. The zero-order valence-corrected chi connectivity index (χ0v) is 10.1. The second kappa shape index (κ2) is 5.60. The molecule has 0 bridgehead atoms. The number of hydrogen-bond donors (Lipinski definition) is 1. The van der Waals surface area contributed by atoms with Crippen LogP contribution in [0, 0.1) is 0 Å². The Labute approximate surface area is 99.9 Å². The number of carbonyl (C=O) groups is 1. The Bertz CT molecular complexity index is 517. The molecule has 0 atom stereocenters. The van der Waals surface area contributed by atoms with Gasteiger partial charge in [0.15, 0.2) is 0 Å². The van der Waals surface area contributed by atoms with Crippen molar-refractivity contribution in [1.29, 1.82) is 0 Å². The summed E-state index contributed by atoms with van der Waals surface area (Å²) in [6, 6.07) is 5.85. The van der Waals surface area contributed by atoms with Crippen molar-refractivity contribution in [2.45, 2.75) is 11.8 Å². The summed E-state index contributed by atoms with van der Waals surface area (Å²) in [6.45, 7) is 2.03. The molecule has 1 rings (SSSR count). The molecule has 0 aliphatic heterocycles. The van der Waals surface area contributed by atoms with Crippen molar-refractivity contribution in [3.63, 3.8) is 0 Å². The van der Waals surface area contributed by atoms with Crippen LogP contribution in [0.1, 0.15) is 12.5 Å². The van der Waals surface area contributed by atoms with Crippen LogP contribution in [0.4, 0.5) is 0 Å². The lowest BCUT2D eigenvalue weighted by Gasteiger charge is -1.98. The van der Waals surface area contributed by atoms with Gasteiger partial charge in [-0.05, 0) is 30.7 Å². The predicted octanol–water partition coefficient (Wildman–Crippen LogP) is 0.910. The molecule has 0 unspecified atom stereocenters. The molecule has 0 saturated heterocycles. The molecule has 0 aromatic heterocycles. The van der Waals surface area contributed by atoms with Crippen LogP contribution in [0.25, 0.3) is 6.08 Å². The molecule has 2 N–H and O–H groups in total. The van der Waals surface area contributed by atoms with Crippen molar-refractivity contribution in [3.05, 3.63) is 35.9 Å². The van der Waals surface area contributed by atoms with Crippen LogP contribution in [0.3, 0.4) is 0 Å². The lowest BCUT2D eigenvalue weighted by Crippen LogP contribution is -2.11. The molecular weight excluding hydrogens is 242 g/mol. The average Bonchev–Trinajstić information content (AvgIpc) is 2.26. The van der Waals surface area contributed by atoms with Crippen molar-refractivity contribution in [3.8, 4) is 0 Å². The van der Waals surface area contributed by atoms with Gasteiger partial charge in [0.2, 0.25) is 10.0 Å². The van der Waals surface area contributed by atoms with Gasteiger partial charge < -0.3 is 4.74 Å². The number of benzene rings is 1. The van der Waals surface area contributed by atoms with Gasteiger partial charge in [0.05, 0.1) is 11.5 Å². The average molecular weight is 255 g/mol. The number of carbonyl (C=O) groups excluding carboxylic acids is 1. The number of ether oxygens (including phenoxy) is 1. The predicted molar refractivity (Wildman–Crippen MR) is 63.5 cm³/mol. The molecule has 0 aliphatic rings. The Morgan fingerprint density at radius 3 is 2.41 bits per heavy atom. The highest BCUT2D eigenvalue weighted by molar-refractivity contribution is 7.89. The van der Waals surface area contributed by atoms with E-state index in [4.69, 9.17) is 9.88 Å². The zero-order chi connectivity index (χ0) is 12.9. The maximum absolute atomic E-state index is 11.0. The number of hydrogen-bond acceptors (Lipinski definition) is 4. The number of sulfonamides is 1. The summed E-state index contributed by atoms with van der Waals surface area (Å²) in [4.78, 5) is 11.1. The fraction of sp³-hybridized carbons (Fsp3) is 0.182. The zero-order valence-electron chi connectivity index (χ0n) is 9.29. The Balaban J connectivity index is 2.79. The topological polar surface area (TPSA) is 86.5 Å². The van der Waals surface area contributed by atoms with E-state index >= 15 is 0 Å². The third kappa shape index (κ3) is 4.38. The molecule has 1 aromatic carbocycles. The van der Waals surface area contributed by atoms with Gasteiger partial charge in [0, 0.05) is 6.08 Å². The highest BCUT2D eigenvalue weighted by Crippen LogP contribution is 2.09. The summed E-state index contributed by atoms with van der Waals surface area (Å²) in [6.07, 6.45) is 2.81. The lowest BCUT2D eigenvalue weighted by molar-refractivity contribution is -0.137. The minimum absolute atomic E-state index is 0.0331. The van der Waals surface area contributed by atoms with Crippen molar-refractivity contribution in [1.82, 2.24) is 0 Å². The van der Waals surface area contributed by atoms with Gasteiger partial charge in [-0.2, -0.15) is 0 Å². The summed E-state index contributed by atoms with van der Waals surface area (Å²) < 4.78 is 26.7. The third-order valence-corrected chi connectivity index (χ3v) is 2.84. The monoisotopic (exact) mass is 255 g/mol. The Morgan fingerprint density at radius 2 is 1.94 bits per heavy atom. The summed E-state index contributed by atoms with van der Waals surface area (Å²) in [5.74, 6) is -0.442. The van der Waals surface area contributed by atoms with Crippen LogP contribution in [-0.4, -0.2) is 21.0 Å². The number of rotatable bonds is 4. The number of primary sulfonamides is 1. The maximum Gasteiger partial charge on any atom is 0.330 e. The number of esters is 1. The van der Waals surface area contributed by atoms with Crippen molar-refractivity contribution < 1.29 is 17.9 Å². The molecule has 6 heteroatoms. The molecule has 5 nitrogen and oxygen atoms in total. The molecule has 0 saturated carbocycles. The van der Waals surface area contributed by atoms with E-state index in [1.54, 1.807) is 19.1 Å². The first-order chi connectivity index (χ1) is 7.93. The van der Waals surface area contributed by atoms with Gasteiger partial charge in [-0.15, -0.1) is 0 Å². The van der Waals surface area contributed by atoms with Gasteiger partial charge in [0.1, 0.15) is 0 Å². The first-order valence-corrected chi connectivity index (χ1v) is 6.46. The van der Waals surface area contributed by atoms with E-state index in [-0.39, 0.29) is 4.90 Å². The van der Waals surface area contributed by atoms with Crippen LogP contribution in [0.5, 0.6) is 0 Å². The summed E-state index contributed by atoms with van der Waals surface area (Å²) in [5.41, 5.74) is 0.686. The minimum atomic E-state index is -3.68. The smallest absolute Gasteiger partial charge is 0.330 e. The van der Waals surface area contributed by atoms with E-state index in [1.807, 2.05) is 0 Å². The van der Waals surface area contributed by atoms with Crippen LogP contribution in [-0.2, 0) is 19.6 Å². The SMILES string of the molecule is CCOC(=O)C=Cc1ccc(S(N)(=O)=O)cc1. The number of nitrogens with two attached hydrogens (primary N) is 1. The fourth-order valence-corrected chi connectivity index (χ4v) is 1.64. The van der Waals surface area contributed by atoms with Crippen LogP contribution in [0.2, 0.25) is 0 Å². The van der Waals surface area contributed by atoms with E-state index in [0.717, 1.165) is 0 Å². The van der Waals surface area contributed by atoms with Gasteiger partial charge in [-0.1, -0.05) is 12.1 Å². The first-order valence-electron chi connectivity index (χ1n) is 4.91. The molecule has 0 radical (unpaired) electrons. The lowest BCUT2D eigenvalue weighted by atomic mass is 10.2.